The zero-order valence-electron chi connectivity index (χ0n) is 13.6. The average molecular weight is 292 g/mol. The first-order valence-corrected chi connectivity index (χ1v) is 8.62. The first-order valence-electron chi connectivity index (χ1n) is 8.62. The van der Waals surface area contributed by atoms with Crippen molar-refractivity contribution in [3.8, 4) is 0 Å². The maximum atomic E-state index is 9.74. The third kappa shape index (κ3) is 10.5. The number of benzene rings is 1. The number of hydrogen-bond acceptors (Lipinski definition) is 2. The van der Waals surface area contributed by atoms with Gasteiger partial charge < -0.3 is 9.84 Å². The van der Waals surface area contributed by atoms with Gasteiger partial charge in [-0.05, 0) is 24.8 Å². The Morgan fingerprint density at radius 1 is 0.905 bits per heavy atom. The number of aliphatic hydroxyl groups is 1. The minimum Gasteiger partial charge on any atom is -0.393 e. The Hall–Kier alpha value is -0.860. The molecule has 0 saturated carbocycles. The Labute approximate surface area is 130 Å². The lowest BCUT2D eigenvalue weighted by Gasteiger charge is -2.09. The maximum Gasteiger partial charge on any atom is 0.0716 e. The summed E-state index contributed by atoms with van der Waals surface area (Å²) in [5.74, 6) is 0. The van der Waals surface area contributed by atoms with Gasteiger partial charge in [0.2, 0.25) is 0 Å². The van der Waals surface area contributed by atoms with Gasteiger partial charge in [-0.3, -0.25) is 0 Å². The second-order valence-corrected chi connectivity index (χ2v) is 5.89. The van der Waals surface area contributed by atoms with Gasteiger partial charge >= 0.3 is 0 Å². The molecule has 0 aliphatic carbocycles. The lowest BCUT2D eigenvalue weighted by Crippen LogP contribution is -2.05. The molecule has 0 fully saturated rings. The Morgan fingerprint density at radius 3 is 2.33 bits per heavy atom. The summed E-state index contributed by atoms with van der Waals surface area (Å²) in [6.07, 6.45) is 10.3. The zero-order valence-corrected chi connectivity index (χ0v) is 13.6. The quantitative estimate of drug-likeness (QED) is 0.513. The fourth-order valence-corrected chi connectivity index (χ4v) is 2.46. The van der Waals surface area contributed by atoms with E-state index in [-0.39, 0.29) is 6.10 Å². The van der Waals surface area contributed by atoms with Crippen molar-refractivity contribution in [3.05, 3.63) is 35.9 Å². The van der Waals surface area contributed by atoms with Gasteiger partial charge in [-0.1, -0.05) is 75.8 Å². The van der Waals surface area contributed by atoms with Gasteiger partial charge in [-0.15, -0.1) is 0 Å². The summed E-state index contributed by atoms with van der Waals surface area (Å²) in [6.45, 7) is 3.76. The van der Waals surface area contributed by atoms with Crippen molar-refractivity contribution in [1.29, 1.82) is 0 Å². The SMILES string of the molecule is CCCC[C@H](O)CCCCCCCOCc1ccccc1. The first-order chi connectivity index (χ1) is 10.3. The second-order valence-electron chi connectivity index (χ2n) is 5.89. The molecule has 0 heterocycles. The minimum atomic E-state index is -0.0702. The average Bonchev–Trinajstić information content (AvgIpc) is 2.52. The van der Waals surface area contributed by atoms with Crippen LogP contribution in [0.1, 0.15) is 70.3 Å². The molecular formula is C19H32O2. The molecule has 0 aliphatic heterocycles. The molecule has 2 heteroatoms. The standard InChI is InChI=1S/C19H32O2/c1-2-3-14-19(20)15-10-5-4-6-11-16-21-17-18-12-8-7-9-13-18/h7-9,12-13,19-20H,2-6,10-11,14-17H2,1H3/t19-/m0/s1. The molecule has 0 saturated heterocycles. The van der Waals surface area contributed by atoms with Crippen LogP contribution in [0.4, 0.5) is 0 Å². The monoisotopic (exact) mass is 292 g/mol. The smallest absolute Gasteiger partial charge is 0.0716 e. The van der Waals surface area contributed by atoms with E-state index in [4.69, 9.17) is 4.74 Å². The molecule has 0 bridgehead atoms. The minimum absolute atomic E-state index is 0.0702. The van der Waals surface area contributed by atoms with E-state index in [0.29, 0.717) is 0 Å². The van der Waals surface area contributed by atoms with Crippen LogP contribution in [0.2, 0.25) is 0 Å². The summed E-state index contributed by atoms with van der Waals surface area (Å²) in [5, 5.41) is 9.74. The van der Waals surface area contributed by atoms with E-state index in [9.17, 15) is 5.11 Å². The second kappa shape index (κ2) is 12.8. The molecule has 0 aliphatic rings. The fraction of sp³-hybridized carbons (Fsp3) is 0.684. The van der Waals surface area contributed by atoms with Crippen LogP contribution < -0.4 is 0 Å². The first kappa shape index (κ1) is 18.2. The molecule has 1 aromatic rings. The topological polar surface area (TPSA) is 29.5 Å². The normalized spacial score (nSPS) is 12.5. The van der Waals surface area contributed by atoms with Crippen molar-refractivity contribution in [1.82, 2.24) is 0 Å². The number of rotatable bonds is 13. The van der Waals surface area contributed by atoms with Crippen molar-refractivity contribution in [2.75, 3.05) is 6.61 Å². The number of aliphatic hydroxyl groups excluding tert-OH is 1. The summed E-state index contributed by atoms with van der Waals surface area (Å²) in [6, 6.07) is 10.3. The molecule has 2 nitrogen and oxygen atoms in total. The largest absolute Gasteiger partial charge is 0.393 e. The summed E-state index contributed by atoms with van der Waals surface area (Å²) in [7, 11) is 0. The van der Waals surface area contributed by atoms with E-state index in [2.05, 4.69) is 19.1 Å². The van der Waals surface area contributed by atoms with Crippen LogP contribution in [0.25, 0.3) is 0 Å². The van der Waals surface area contributed by atoms with Crippen LogP contribution in [-0.2, 0) is 11.3 Å². The third-order valence-corrected chi connectivity index (χ3v) is 3.83. The summed E-state index contributed by atoms with van der Waals surface area (Å²) in [5.41, 5.74) is 1.25. The number of ether oxygens (including phenoxy) is 1. The number of unbranched alkanes of at least 4 members (excludes halogenated alkanes) is 5. The highest BCUT2D eigenvalue weighted by atomic mass is 16.5. The predicted molar refractivity (Wildman–Crippen MR) is 89.3 cm³/mol. The van der Waals surface area contributed by atoms with Crippen molar-refractivity contribution in [3.63, 3.8) is 0 Å². The zero-order chi connectivity index (χ0) is 15.2. The van der Waals surface area contributed by atoms with Crippen LogP contribution in [0.3, 0.4) is 0 Å². The van der Waals surface area contributed by atoms with Crippen molar-refractivity contribution >= 4 is 0 Å². The van der Waals surface area contributed by atoms with E-state index in [0.717, 1.165) is 45.3 Å². The molecule has 1 atom stereocenters. The van der Waals surface area contributed by atoms with E-state index in [1.165, 1.54) is 31.2 Å². The van der Waals surface area contributed by atoms with Crippen LogP contribution in [0.5, 0.6) is 0 Å². The Balaban J connectivity index is 1.82. The van der Waals surface area contributed by atoms with Crippen LogP contribution >= 0.6 is 0 Å². The maximum absolute atomic E-state index is 9.74. The van der Waals surface area contributed by atoms with Gasteiger partial charge in [-0.25, -0.2) is 0 Å². The van der Waals surface area contributed by atoms with Crippen LogP contribution in [-0.4, -0.2) is 17.8 Å². The fourth-order valence-electron chi connectivity index (χ4n) is 2.46. The summed E-state index contributed by atoms with van der Waals surface area (Å²) < 4.78 is 5.67. The lowest BCUT2D eigenvalue weighted by molar-refractivity contribution is 0.116. The van der Waals surface area contributed by atoms with E-state index < -0.39 is 0 Å². The van der Waals surface area contributed by atoms with Gasteiger partial charge in [-0.2, -0.15) is 0 Å². The molecule has 1 N–H and O–H groups in total. The lowest BCUT2D eigenvalue weighted by atomic mass is 10.0. The van der Waals surface area contributed by atoms with Crippen molar-refractivity contribution in [2.45, 2.75) is 77.4 Å². The molecule has 0 amide bonds. The highest BCUT2D eigenvalue weighted by molar-refractivity contribution is 5.13. The van der Waals surface area contributed by atoms with E-state index >= 15 is 0 Å². The summed E-state index contributed by atoms with van der Waals surface area (Å²) >= 11 is 0. The Kier molecular flexibility index (Phi) is 11.1. The molecule has 120 valence electrons. The molecule has 1 rings (SSSR count). The Bertz CT molecular complexity index is 324. The molecular weight excluding hydrogens is 260 g/mol. The molecule has 0 radical (unpaired) electrons. The predicted octanol–water partition coefficient (Wildman–Crippen LogP) is 5.09. The van der Waals surface area contributed by atoms with Gasteiger partial charge in [0.1, 0.15) is 0 Å². The highest BCUT2D eigenvalue weighted by Crippen LogP contribution is 2.11. The molecule has 21 heavy (non-hydrogen) atoms. The summed E-state index contributed by atoms with van der Waals surface area (Å²) in [4.78, 5) is 0. The van der Waals surface area contributed by atoms with E-state index in [1.54, 1.807) is 0 Å². The van der Waals surface area contributed by atoms with Gasteiger partial charge in [0.05, 0.1) is 12.7 Å². The molecule has 1 aromatic carbocycles. The van der Waals surface area contributed by atoms with Gasteiger partial charge in [0.25, 0.3) is 0 Å². The van der Waals surface area contributed by atoms with Gasteiger partial charge in [0, 0.05) is 6.61 Å². The van der Waals surface area contributed by atoms with Crippen LogP contribution in [0, 0.1) is 0 Å². The van der Waals surface area contributed by atoms with Crippen LogP contribution in [0.15, 0.2) is 30.3 Å². The molecule has 0 unspecified atom stereocenters. The Morgan fingerprint density at radius 2 is 1.57 bits per heavy atom. The molecule has 0 aromatic heterocycles. The van der Waals surface area contributed by atoms with Crippen molar-refractivity contribution < 1.29 is 9.84 Å². The molecule has 0 spiro atoms. The number of hydrogen-bond donors (Lipinski definition) is 1. The third-order valence-electron chi connectivity index (χ3n) is 3.83. The van der Waals surface area contributed by atoms with E-state index in [1.807, 2.05) is 18.2 Å². The van der Waals surface area contributed by atoms with Crippen molar-refractivity contribution in [2.24, 2.45) is 0 Å². The van der Waals surface area contributed by atoms with Gasteiger partial charge in [0.15, 0.2) is 0 Å². The highest BCUT2D eigenvalue weighted by Gasteiger charge is 2.02.